The highest BCUT2D eigenvalue weighted by Crippen LogP contribution is 2.26. The first kappa shape index (κ1) is 13.1. The minimum atomic E-state index is -0.0698. The molecule has 0 aliphatic carbocycles. The fourth-order valence-corrected chi connectivity index (χ4v) is 1.67. The minimum absolute atomic E-state index is 0.0698. The van der Waals surface area contributed by atoms with Gasteiger partial charge in [0.2, 0.25) is 5.91 Å². The Kier molecular flexibility index (Phi) is 3.80. The van der Waals surface area contributed by atoms with E-state index in [1.54, 1.807) is 20.2 Å². The van der Waals surface area contributed by atoms with Gasteiger partial charge >= 0.3 is 0 Å². The number of hydrogen-bond donors (Lipinski definition) is 0. The fraction of sp³-hybridized carbons (Fsp3) is 0.200. The molecule has 0 N–H and O–H groups in total. The smallest absolute Gasteiger partial charge is 0.246 e. The molecule has 0 spiro atoms. The van der Waals surface area contributed by atoms with Crippen LogP contribution in [0.25, 0.3) is 17.4 Å². The summed E-state index contributed by atoms with van der Waals surface area (Å²) in [7, 11) is 3.43. The molecule has 98 valence electrons. The third kappa shape index (κ3) is 2.91. The van der Waals surface area contributed by atoms with Crippen molar-refractivity contribution in [3.63, 3.8) is 0 Å². The number of amides is 1. The highest BCUT2D eigenvalue weighted by atomic mass is 16.5. The van der Waals surface area contributed by atoms with Gasteiger partial charge in [0.25, 0.3) is 0 Å². The van der Waals surface area contributed by atoms with Crippen LogP contribution in [0, 0.1) is 6.92 Å². The van der Waals surface area contributed by atoms with Gasteiger partial charge in [0.05, 0.1) is 5.69 Å². The van der Waals surface area contributed by atoms with E-state index in [9.17, 15) is 4.79 Å². The van der Waals surface area contributed by atoms with Gasteiger partial charge in [0.15, 0.2) is 5.76 Å². The molecule has 0 saturated heterocycles. The Bertz CT molecular complexity index is 598. The summed E-state index contributed by atoms with van der Waals surface area (Å²) < 4.78 is 5.35. The van der Waals surface area contributed by atoms with Crippen LogP contribution in [0.15, 0.2) is 40.9 Å². The molecule has 0 saturated carbocycles. The number of rotatable bonds is 3. The maximum Gasteiger partial charge on any atom is 0.246 e. The van der Waals surface area contributed by atoms with Crippen molar-refractivity contribution in [1.29, 1.82) is 0 Å². The molecule has 1 heterocycles. The monoisotopic (exact) mass is 256 g/mol. The standard InChI is InChI=1S/C15H16N2O2/c1-11-13(9-10-14(18)17(2)3)15(19-16-11)12-7-5-4-6-8-12/h4-10H,1-3H3. The largest absolute Gasteiger partial charge is 0.355 e. The molecule has 1 aromatic carbocycles. The number of likely N-dealkylation sites (N-methyl/N-ethyl adjacent to an activating group) is 1. The molecular weight excluding hydrogens is 240 g/mol. The van der Waals surface area contributed by atoms with Crippen LogP contribution in [0.3, 0.4) is 0 Å². The molecule has 1 aromatic heterocycles. The second-order valence-corrected chi connectivity index (χ2v) is 4.44. The SMILES string of the molecule is Cc1noc(-c2ccccc2)c1C=CC(=O)N(C)C. The third-order valence-electron chi connectivity index (χ3n) is 2.78. The van der Waals surface area contributed by atoms with Gasteiger partial charge in [0.1, 0.15) is 0 Å². The van der Waals surface area contributed by atoms with E-state index in [1.165, 1.54) is 11.0 Å². The van der Waals surface area contributed by atoms with E-state index in [4.69, 9.17) is 4.52 Å². The Balaban J connectivity index is 2.37. The maximum atomic E-state index is 11.6. The zero-order valence-corrected chi connectivity index (χ0v) is 11.3. The number of aromatic nitrogens is 1. The van der Waals surface area contributed by atoms with Gasteiger partial charge in [-0.05, 0) is 13.0 Å². The van der Waals surface area contributed by atoms with Crippen LogP contribution in [0.1, 0.15) is 11.3 Å². The molecule has 19 heavy (non-hydrogen) atoms. The molecule has 0 unspecified atom stereocenters. The molecule has 4 nitrogen and oxygen atoms in total. The van der Waals surface area contributed by atoms with Crippen LogP contribution < -0.4 is 0 Å². The molecule has 0 atom stereocenters. The average Bonchev–Trinajstić information content (AvgIpc) is 2.78. The Morgan fingerprint density at radius 2 is 1.95 bits per heavy atom. The summed E-state index contributed by atoms with van der Waals surface area (Å²) in [5, 5.41) is 3.96. The number of hydrogen-bond acceptors (Lipinski definition) is 3. The van der Waals surface area contributed by atoms with Crippen LogP contribution >= 0.6 is 0 Å². The lowest BCUT2D eigenvalue weighted by molar-refractivity contribution is -0.123. The predicted molar refractivity (Wildman–Crippen MR) is 74.4 cm³/mol. The second kappa shape index (κ2) is 5.52. The predicted octanol–water partition coefficient (Wildman–Crippen LogP) is 2.75. The highest BCUT2D eigenvalue weighted by Gasteiger charge is 2.12. The summed E-state index contributed by atoms with van der Waals surface area (Å²) in [6.45, 7) is 1.86. The van der Waals surface area contributed by atoms with Gasteiger partial charge in [-0.2, -0.15) is 0 Å². The zero-order chi connectivity index (χ0) is 13.8. The van der Waals surface area contributed by atoms with E-state index in [0.29, 0.717) is 5.76 Å². The molecule has 0 radical (unpaired) electrons. The van der Waals surface area contributed by atoms with Crippen LogP contribution in [0.4, 0.5) is 0 Å². The fourth-order valence-electron chi connectivity index (χ4n) is 1.67. The summed E-state index contributed by atoms with van der Waals surface area (Å²) in [5.74, 6) is 0.612. The molecule has 2 rings (SSSR count). The van der Waals surface area contributed by atoms with Crippen LogP contribution in [-0.2, 0) is 4.79 Å². The Morgan fingerprint density at radius 3 is 2.58 bits per heavy atom. The number of benzene rings is 1. The van der Waals surface area contributed by atoms with Gasteiger partial charge in [-0.3, -0.25) is 4.79 Å². The third-order valence-corrected chi connectivity index (χ3v) is 2.78. The van der Waals surface area contributed by atoms with Crippen LogP contribution in [0.2, 0.25) is 0 Å². The summed E-state index contributed by atoms with van der Waals surface area (Å²) >= 11 is 0. The van der Waals surface area contributed by atoms with Gasteiger partial charge < -0.3 is 9.42 Å². The molecule has 0 fully saturated rings. The second-order valence-electron chi connectivity index (χ2n) is 4.44. The number of nitrogens with zero attached hydrogens (tertiary/aromatic N) is 2. The van der Waals surface area contributed by atoms with Crippen molar-refractivity contribution in [1.82, 2.24) is 10.1 Å². The van der Waals surface area contributed by atoms with E-state index < -0.39 is 0 Å². The Hall–Kier alpha value is -2.36. The van der Waals surface area contributed by atoms with Crippen molar-refractivity contribution in [2.75, 3.05) is 14.1 Å². The zero-order valence-electron chi connectivity index (χ0n) is 11.3. The van der Waals surface area contributed by atoms with E-state index >= 15 is 0 Å². The summed E-state index contributed by atoms with van der Waals surface area (Å²) in [6, 6.07) is 9.71. The van der Waals surface area contributed by atoms with Crippen LogP contribution in [-0.4, -0.2) is 30.1 Å². The van der Waals surface area contributed by atoms with Crippen molar-refractivity contribution >= 4 is 12.0 Å². The first-order valence-corrected chi connectivity index (χ1v) is 6.00. The Morgan fingerprint density at radius 1 is 1.26 bits per heavy atom. The van der Waals surface area contributed by atoms with Gasteiger partial charge in [-0.15, -0.1) is 0 Å². The van der Waals surface area contributed by atoms with E-state index in [2.05, 4.69) is 5.16 Å². The summed E-state index contributed by atoms with van der Waals surface area (Å²) in [6.07, 6.45) is 3.27. The summed E-state index contributed by atoms with van der Waals surface area (Å²) in [5.41, 5.74) is 2.54. The molecule has 0 aliphatic rings. The molecule has 1 amide bonds. The number of aryl methyl sites for hydroxylation is 1. The van der Waals surface area contributed by atoms with E-state index in [0.717, 1.165) is 16.8 Å². The summed E-state index contributed by atoms with van der Waals surface area (Å²) in [4.78, 5) is 13.1. The number of carbonyl (C=O) groups excluding carboxylic acids is 1. The van der Waals surface area contributed by atoms with Crippen molar-refractivity contribution in [3.05, 3.63) is 47.7 Å². The van der Waals surface area contributed by atoms with Crippen LogP contribution in [0.5, 0.6) is 0 Å². The van der Waals surface area contributed by atoms with Gasteiger partial charge in [0, 0.05) is 31.3 Å². The average molecular weight is 256 g/mol. The minimum Gasteiger partial charge on any atom is -0.355 e. The first-order valence-electron chi connectivity index (χ1n) is 6.00. The lowest BCUT2D eigenvalue weighted by Crippen LogP contribution is -2.18. The lowest BCUT2D eigenvalue weighted by atomic mass is 10.1. The number of carbonyl (C=O) groups is 1. The maximum absolute atomic E-state index is 11.6. The van der Waals surface area contributed by atoms with Gasteiger partial charge in [-0.25, -0.2) is 0 Å². The topological polar surface area (TPSA) is 46.3 Å². The van der Waals surface area contributed by atoms with Crippen molar-refractivity contribution in [2.45, 2.75) is 6.92 Å². The van der Waals surface area contributed by atoms with Crippen molar-refractivity contribution in [2.24, 2.45) is 0 Å². The quantitative estimate of drug-likeness (QED) is 0.793. The normalized spacial score (nSPS) is 10.9. The molecule has 0 bridgehead atoms. The lowest BCUT2D eigenvalue weighted by Gasteiger charge is -2.05. The first-order chi connectivity index (χ1) is 9.09. The van der Waals surface area contributed by atoms with Gasteiger partial charge in [-0.1, -0.05) is 35.5 Å². The molecule has 4 heteroatoms. The Labute approximate surface area is 112 Å². The molecule has 0 aliphatic heterocycles. The van der Waals surface area contributed by atoms with E-state index in [-0.39, 0.29) is 5.91 Å². The van der Waals surface area contributed by atoms with Crippen molar-refractivity contribution < 1.29 is 9.32 Å². The molecular formula is C15H16N2O2. The van der Waals surface area contributed by atoms with Crippen molar-refractivity contribution in [3.8, 4) is 11.3 Å². The van der Waals surface area contributed by atoms with E-state index in [1.807, 2.05) is 37.3 Å². The molecule has 2 aromatic rings. The highest BCUT2D eigenvalue weighted by molar-refractivity contribution is 5.92.